The zero-order chi connectivity index (χ0) is 20.0. The number of amides is 1. The van der Waals surface area contributed by atoms with E-state index in [1.165, 1.54) is 10.4 Å². The van der Waals surface area contributed by atoms with Crippen LogP contribution < -0.4 is 4.74 Å². The lowest BCUT2D eigenvalue weighted by Gasteiger charge is -2.36. The van der Waals surface area contributed by atoms with Gasteiger partial charge in [0.05, 0.1) is 12.4 Å². The van der Waals surface area contributed by atoms with Crippen LogP contribution >= 0.6 is 0 Å². The third-order valence-corrected chi connectivity index (χ3v) is 6.73. The average Bonchev–Trinajstić information content (AvgIpc) is 2.66. The first-order valence-electron chi connectivity index (χ1n) is 9.06. The van der Waals surface area contributed by atoms with Gasteiger partial charge in [-0.2, -0.15) is 0 Å². The number of nitrogens with zero attached hydrogens (tertiary/aromatic N) is 2. The minimum absolute atomic E-state index is 0.0300. The second-order valence-electron chi connectivity index (χ2n) is 6.56. The highest BCUT2D eigenvalue weighted by atomic mass is 32.2. The fourth-order valence-electron chi connectivity index (χ4n) is 3.07. The molecule has 0 unspecified atom stereocenters. The van der Waals surface area contributed by atoms with E-state index >= 15 is 0 Å². The van der Waals surface area contributed by atoms with Crippen molar-refractivity contribution in [2.24, 2.45) is 0 Å². The van der Waals surface area contributed by atoms with Crippen molar-refractivity contribution in [3.05, 3.63) is 29.8 Å². The number of carbonyl (C=O) groups excluding carboxylic acids is 1. The molecule has 1 aliphatic rings. The van der Waals surface area contributed by atoms with Crippen molar-refractivity contribution in [1.29, 1.82) is 0 Å². The lowest BCUT2D eigenvalue weighted by molar-refractivity contribution is -0.132. The largest absolute Gasteiger partial charge is 0.491 e. The molecule has 2 rings (SSSR count). The second-order valence-corrected chi connectivity index (χ2v) is 8.87. The van der Waals surface area contributed by atoms with Crippen LogP contribution in [0.25, 0.3) is 0 Å². The number of halogens is 2. The Kier molecular flexibility index (Phi) is 7.55. The highest BCUT2D eigenvalue weighted by Crippen LogP contribution is 2.20. The summed E-state index contributed by atoms with van der Waals surface area (Å²) in [5.74, 6) is -1.44. The third-order valence-electron chi connectivity index (χ3n) is 4.82. The van der Waals surface area contributed by atoms with Crippen molar-refractivity contribution in [2.75, 3.05) is 32.5 Å². The molecule has 1 aromatic carbocycles. The average molecular weight is 404 g/mol. The molecular formula is C18H26F2N2O4S. The number of sulfonamides is 1. The standard InChI is InChI=1S/C18H26F2N2O4S/c1-3-27(24,25)21(2)15-8-10-22(11-9-15)18(23)5-4-12-26-17-7-6-14(19)13-16(17)20/h6-7,13,15H,3-5,8-12H2,1-2H3. The summed E-state index contributed by atoms with van der Waals surface area (Å²) in [7, 11) is -1.64. The first kappa shape index (κ1) is 21.6. The Labute approximate surface area is 159 Å². The molecule has 9 heteroatoms. The van der Waals surface area contributed by atoms with Crippen molar-refractivity contribution < 1.29 is 26.7 Å². The Balaban J connectivity index is 1.72. The normalized spacial score (nSPS) is 16.0. The summed E-state index contributed by atoms with van der Waals surface area (Å²) >= 11 is 0. The van der Waals surface area contributed by atoms with Crippen LogP contribution in [0.3, 0.4) is 0 Å². The third kappa shape index (κ3) is 5.87. The number of carbonyl (C=O) groups is 1. The monoisotopic (exact) mass is 404 g/mol. The number of hydrogen-bond acceptors (Lipinski definition) is 4. The highest BCUT2D eigenvalue weighted by molar-refractivity contribution is 7.89. The molecule has 0 aromatic heterocycles. The van der Waals surface area contributed by atoms with Crippen molar-refractivity contribution in [2.45, 2.75) is 38.6 Å². The van der Waals surface area contributed by atoms with Gasteiger partial charge in [0.25, 0.3) is 0 Å². The van der Waals surface area contributed by atoms with Crippen LogP contribution in [-0.4, -0.2) is 62.1 Å². The van der Waals surface area contributed by atoms with Crippen LogP contribution in [0.5, 0.6) is 5.75 Å². The van der Waals surface area contributed by atoms with Gasteiger partial charge in [-0.05, 0) is 38.3 Å². The van der Waals surface area contributed by atoms with Gasteiger partial charge in [0.1, 0.15) is 5.82 Å². The number of rotatable bonds is 8. The first-order valence-corrected chi connectivity index (χ1v) is 10.7. The zero-order valence-corrected chi connectivity index (χ0v) is 16.5. The number of ether oxygens (including phenoxy) is 1. The molecule has 0 bridgehead atoms. The summed E-state index contributed by atoms with van der Waals surface area (Å²) in [6.45, 7) is 2.80. The molecule has 0 N–H and O–H groups in total. The van der Waals surface area contributed by atoms with Crippen molar-refractivity contribution in [3.63, 3.8) is 0 Å². The molecule has 27 heavy (non-hydrogen) atoms. The van der Waals surface area contributed by atoms with E-state index in [1.807, 2.05) is 0 Å². The molecule has 0 radical (unpaired) electrons. The van der Waals surface area contributed by atoms with Gasteiger partial charge in [-0.15, -0.1) is 0 Å². The Morgan fingerprint density at radius 1 is 1.30 bits per heavy atom. The summed E-state index contributed by atoms with van der Waals surface area (Å²) in [6, 6.07) is 3.01. The van der Waals surface area contributed by atoms with Crippen LogP contribution in [0.1, 0.15) is 32.6 Å². The van der Waals surface area contributed by atoms with Crippen LogP contribution in [0.15, 0.2) is 18.2 Å². The molecule has 0 saturated carbocycles. The highest BCUT2D eigenvalue weighted by Gasteiger charge is 2.29. The van der Waals surface area contributed by atoms with Crippen molar-refractivity contribution in [1.82, 2.24) is 9.21 Å². The predicted octanol–water partition coefficient (Wildman–Crippen LogP) is 2.40. The molecule has 0 aliphatic carbocycles. The molecule has 0 atom stereocenters. The van der Waals surface area contributed by atoms with Gasteiger partial charge in [0.15, 0.2) is 11.6 Å². The molecule has 1 amide bonds. The minimum Gasteiger partial charge on any atom is -0.491 e. The second kappa shape index (κ2) is 9.45. The van der Waals surface area contributed by atoms with Gasteiger partial charge in [0, 0.05) is 38.7 Å². The first-order chi connectivity index (χ1) is 12.7. The molecule has 1 aromatic rings. The van der Waals surface area contributed by atoms with E-state index in [0.717, 1.165) is 12.1 Å². The molecule has 1 heterocycles. The molecule has 152 valence electrons. The fourth-order valence-corrected chi connectivity index (χ4v) is 4.14. The van der Waals surface area contributed by atoms with Crippen molar-refractivity contribution in [3.8, 4) is 5.75 Å². The van der Waals surface area contributed by atoms with Gasteiger partial charge >= 0.3 is 0 Å². The Morgan fingerprint density at radius 2 is 1.96 bits per heavy atom. The Morgan fingerprint density at radius 3 is 2.56 bits per heavy atom. The Bertz CT molecular complexity index is 750. The van der Waals surface area contributed by atoms with Crippen LogP contribution in [-0.2, 0) is 14.8 Å². The number of benzene rings is 1. The van der Waals surface area contributed by atoms with Gasteiger partial charge in [-0.3, -0.25) is 4.79 Å². The van der Waals surface area contributed by atoms with E-state index in [-0.39, 0.29) is 36.5 Å². The fraction of sp³-hybridized carbons (Fsp3) is 0.611. The quantitative estimate of drug-likeness (QED) is 0.624. The molecule has 6 nitrogen and oxygen atoms in total. The zero-order valence-electron chi connectivity index (χ0n) is 15.7. The van der Waals surface area contributed by atoms with E-state index in [0.29, 0.717) is 32.4 Å². The molecule has 1 aliphatic heterocycles. The van der Waals surface area contributed by atoms with Gasteiger partial charge in [0.2, 0.25) is 15.9 Å². The van der Waals surface area contributed by atoms with E-state index < -0.39 is 21.7 Å². The van der Waals surface area contributed by atoms with E-state index in [4.69, 9.17) is 4.74 Å². The van der Waals surface area contributed by atoms with Gasteiger partial charge in [-0.25, -0.2) is 21.5 Å². The Hall–Kier alpha value is -1.74. The van der Waals surface area contributed by atoms with E-state index in [1.54, 1.807) is 18.9 Å². The molecule has 0 spiro atoms. The number of hydrogen-bond donors (Lipinski definition) is 0. The lowest BCUT2D eigenvalue weighted by atomic mass is 10.0. The molecule has 1 fully saturated rings. The summed E-state index contributed by atoms with van der Waals surface area (Å²) in [5.41, 5.74) is 0. The summed E-state index contributed by atoms with van der Waals surface area (Å²) in [5, 5.41) is 0. The van der Waals surface area contributed by atoms with Gasteiger partial charge in [-0.1, -0.05) is 0 Å². The summed E-state index contributed by atoms with van der Waals surface area (Å²) in [4.78, 5) is 14.0. The van der Waals surface area contributed by atoms with E-state index in [2.05, 4.69) is 0 Å². The SMILES string of the molecule is CCS(=O)(=O)N(C)C1CCN(C(=O)CCCOc2ccc(F)cc2F)CC1. The summed E-state index contributed by atoms with van der Waals surface area (Å²) in [6.07, 6.45) is 1.90. The van der Waals surface area contributed by atoms with Crippen LogP contribution in [0.2, 0.25) is 0 Å². The molecule has 1 saturated heterocycles. The molecular weight excluding hydrogens is 378 g/mol. The number of likely N-dealkylation sites (tertiary alicyclic amines) is 1. The van der Waals surface area contributed by atoms with Crippen LogP contribution in [0, 0.1) is 11.6 Å². The lowest BCUT2D eigenvalue weighted by Crippen LogP contribution is -2.47. The maximum absolute atomic E-state index is 13.5. The maximum atomic E-state index is 13.5. The summed E-state index contributed by atoms with van der Waals surface area (Å²) < 4.78 is 56.8. The van der Waals surface area contributed by atoms with Crippen LogP contribution in [0.4, 0.5) is 8.78 Å². The van der Waals surface area contributed by atoms with E-state index in [9.17, 15) is 22.0 Å². The minimum atomic E-state index is -3.23. The smallest absolute Gasteiger partial charge is 0.222 e. The maximum Gasteiger partial charge on any atom is 0.222 e. The predicted molar refractivity (Wildman–Crippen MR) is 97.9 cm³/mol. The van der Waals surface area contributed by atoms with Gasteiger partial charge < -0.3 is 9.64 Å². The van der Waals surface area contributed by atoms with Crippen molar-refractivity contribution >= 4 is 15.9 Å². The number of piperidine rings is 1. The topological polar surface area (TPSA) is 66.9 Å².